The van der Waals surface area contributed by atoms with Gasteiger partial charge in [-0.15, -0.1) is 0 Å². The molecule has 1 aliphatic heterocycles. The molecule has 0 atom stereocenters. The lowest BCUT2D eigenvalue weighted by atomic mass is 10.3. The minimum atomic E-state index is -6.00. The fourth-order valence-electron chi connectivity index (χ4n) is 0.809. The van der Waals surface area contributed by atoms with Crippen LogP contribution in [0.5, 0.6) is 0 Å². The van der Waals surface area contributed by atoms with Crippen molar-refractivity contribution in [1.82, 2.24) is 0 Å². The number of allylic oxidation sites excluding steroid dienone is 2. The summed E-state index contributed by atoms with van der Waals surface area (Å²) in [5, 5.41) is 0. The maximum Gasteiger partial charge on any atom is 0.673 e. The van der Waals surface area contributed by atoms with Crippen molar-refractivity contribution in [2.24, 2.45) is 0 Å². The largest absolute Gasteiger partial charge is 0.673 e. The minimum Gasteiger partial charge on any atom is -0.418 e. The van der Waals surface area contributed by atoms with Crippen LogP contribution >= 0.6 is 30.8 Å². The van der Waals surface area contributed by atoms with Gasteiger partial charge in [0.2, 0.25) is 0 Å². The van der Waals surface area contributed by atoms with E-state index in [1.165, 1.54) is 9.81 Å². The molecule has 0 N–H and O–H groups in total. The molecule has 0 radical (unpaired) electrons. The Balaban J connectivity index is 0.000000385. The van der Waals surface area contributed by atoms with E-state index >= 15 is 0 Å². The van der Waals surface area contributed by atoms with Crippen LogP contribution in [0, 0.1) is 0 Å². The summed E-state index contributed by atoms with van der Waals surface area (Å²) in [6.45, 7) is 11.7. The number of halogens is 4. The lowest BCUT2D eigenvalue weighted by Gasteiger charge is -2.18. The minimum absolute atomic E-state index is 0.654. The van der Waals surface area contributed by atoms with E-state index in [1.54, 1.807) is 0 Å². The Hall–Kier alpha value is 0.655. The van der Waals surface area contributed by atoms with Crippen LogP contribution in [-0.2, 0) is 0 Å². The quantitative estimate of drug-likeness (QED) is 0.370. The fraction of sp³-hybridized carbons (Fsp3) is 0.750. The Morgan fingerprint density at radius 2 is 1.19 bits per heavy atom. The molecule has 0 bridgehead atoms. The van der Waals surface area contributed by atoms with Crippen molar-refractivity contribution in [2.45, 2.75) is 18.2 Å². The van der Waals surface area contributed by atoms with Crippen LogP contribution in [0.3, 0.4) is 0 Å². The Labute approximate surface area is 103 Å². The first-order chi connectivity index (χ1) is 6.91. The predicted octanol–water partition coefficient (Wildman–Crippen LogP) is 5.21. The number of thioether (sulfide) groups is 2. The summed E-state index contributed by atoms with van der Waals surface area (Å²) < 4.78 is 39.8. The van der Waals surface area contributed by atoms with Crippen LogP contribution in [-0.4, -0.2) is 31.6 Å². The lowest BCUT2D eigenvalue weighted by Crippen LogP contribution is -2.02. The molecule has 0 fully saturated rings. The van der Waals surface area contributed by atoms with Crippen molar-refractivity contribution < 1.29 is 17.3 Å². The zero-order valence-electron chi connectivity index (χ0n) is 9.93. The summed E-state index contributed by atoms with van der Waals surface area (Å²) in [5.74, 6) is 0. The zero-order valence-corrected chi connectivity index (χ0v) is 12.5. The van der Waals surface area contributed by atoms with Gasteiger partial charge in [0.1, 0.15) is 0 Å². The lowest BCUT2D eigenvalue weighted by molar-refractivity contribution is 0.368. The summed E-state index contributed by atoms with van der Waals surface area (Å²) in [7, 11) is -6.65. The van der Waals surface area contributed by atoms with Crippen molar-refractivity contribution in [1.29, 1.82) is 0 Å². The highest BCUT2D eigenvalue weighted by molar-refractivity contribution is 8.31. The Bertz CT molecular complexity index is 252. The highest BCUT2D eigenvalue weighted by Crippen LogP contribution is 2.67. The molecular weight excluding hydrogens is 278 g/mol. The average molecular weight is 294 g/mol. The van der Waals surface area contributed by atoms with E-state index in [0.717, 1.165) is 4.32 Å². The molecule has 16 heavy (non-hydrogen) atoms. The smallest absolute Gasteiger partial charge is 0.418 e. The van der Waals surface area contributed by atoms with Crippen molar-refractivity contribution in [3.63, 3.8) is 0 Å². The molecule has 0 aromatic rings. The molecule has 0 unspecified atom stereocenters. The van der Waals surface area contributed by atoms with Gasteiger partial charge in [-0.2, -0.15) is 0 Å². The molecule has 1 heterocycles. The van der Waals surface area contributed by atoms with Gasteiger partial charge in [-0.1, -0.05) is 23.5 Å². The topological polar surface area (TPSA) is 0 Å². The van der Waals surface area contributed by atoms with Crippen LogP contribution in [0.15, 0.2) is 9.81 Å². The van der Waals surface area contributed by atoms with Gasteiger partial charge < -0.3 is 17.3 Å². The molecule has 0 amide bonds. The predicted molar refractivity (Wildman–Crippen MR) is 72.2 cm³/mol. The van der Waals surface area contributed by atoms with Gasteiger partial charge >= 0.3 is 7.25 Å². The van der Waals surface area contributed by atoms with Crippen molar-refractivity contribution in [3.8, 4) is 0 Å². The second kappa shape index (κ2) is 6.01. The van der Waals surface area contributed by atoms with Crippen LogP contribution < -0.4 is 0 Å². The summed E-state index contributed by atoms with van der Waals surface area (Å²) in [5.41, 5.74) is 0. The molecular formula is C8H16BF4PS2. The molecule has 0 aromatic heterocycles. The molecule has 8 heteroatoms. The monoisotopic (exact) mass is 294 g/mol. The SMILES string of the molecule is CC1=C(C)SC([P+](C)(C)C)S1.F[B-](F)(F)F. The van der Waals surface area contributed by atoms with Crippen molar-refractivity contribution in [3.05, 3.63) is 9.81 Å². The summed E-state index contributed by atoms with van der Waals surface area (Å²) in [6, 6.07) is 0. The molecule has 0 saturated heterocycles. The van der Waals surface area contributed by atoms with E-state index in [4.69, 9.17) is 0 Å². The highest BCUT2D eigenvalue weighted by Gasteiger charge is 2.37. The molecule has 0 aromatic carbocycles. The summed E-state index contributed by atoms with van der Waals surface area (Å²) >= 11 is 4.15. The van der Waals surface area contributed by atoms with Gasteiger partial charge in [0.25, 0.3) is 0 Å². The van der Waals surface area contributed by atoms with Gasteiger partial charge in [0.15, 0.2) is 4.32 Å². The third-order valence-corrected chi connectivity index (χ3v) is 9.80. The normalized spacial score (nSPS) is 18.6. The Morgan fingerprint density at radius 3 is 1.31 bits per heavy atom. The Kier molecular flexibility index (Phi) is 6.25. The van der Waals surface area contributed by atoms with E-state index in [0.29, 0.717) is 0 Å². The number of hydrogen-bond donors (Lipinski definition) is 0. The van der Waals surface area contributed by atoms with Crippen LogP contribution in [0.1, 0.15) is 13.8 Å². The van der Waals surface area contributed by atoms with E-state index < -0.39 is 14.5 Å². The van der Waals surface area contributed by atoms with Crippen molar-refractivity contribution in [2.75, 3.05) is 20.0 Å². The van der Waals surface area contributed by atoms with Gasteiger partial charge in [0, 0.05) is 7.26 Å². The summed E-state index contributed by atoms with van der Waals surface area (Å²) in [6.07, 6.45) is 0. The highest BCUT2D eigenvalue weighted by atomic mass is 32.2. The molecule has 96 valence electrons. The van der Waals surface area contributed by atoms with Crippen LogP contribution in [0.4, 0.5) is 17.3 Å². The van der Waals surface area contributed by atoms with Crippen LogP contribution in [0.2, 0.25) is 0 Å². The van der Waals surface area contributed by atoms with Gasteiger partial charge in [-0.25, -0.2) is 0 Å². The zero-order chi connectivity index (χ0) is 13.1. The second-order valence-electron chi connectivity index (χ2n) is 4.27. The Morgan fingerprint density at radius 1 is 0.938 bits per heavy atom. The molecule has 0 nitrogen and oxygen atoms in total. The maximum atomic E-state index is 9.75. The standard InChI is InChI=1S/C8H16PS2.BF4/c1-6-7(2)11-8(10-6)9(3,4)5;2-1(3,4)5/h8H,1-5H3;/q+1;-1. The molecule has 1 aliphatic rings. The number of hydrogen-bond acceptors (Lipinski definition) is 2. The van der Waals surface area contributed by atoms with Gasteiger partial charge in [-0.3, -0.25) is 0 Å². The maximum absolute atomic E-state index is 9.75. The fourth-order valence-corrected chi connectivity index (χ4v) is 6.57. The third-order valence-electron chi connectivity index (χ3n) is 1.68. The first kappa shape index (κ1) is 16.7. The summed E-state index contributed by atoms with van der Waals surface area (Å²) in [4.78, 5) is 3.07. The number of rotatable bonds is 1. The molecule has 0 aliphatic carbocycles. The first-order valence-corrected chi connectivity index (χ1v) is 9.56. The van der Waals surface area contributed by atoms with E-state index in [1.807, 2.05) is 0 Å². The van der Waals surface area contributed by atoms with Gasteiger partial charge in [-0.05, 0) is 23.7 Å². The molecule has 0 saturated carbocycles. The second-order valence-corrected chi connectivity index (χ2v) is 12.7. The average Bonchev–Trinajstić information content (AvgIpc) is 2.27. The van der Waals surface area contributed by atoms with E-state index in [-0.39, 0.29) is 0 Å². The molecule has 1 rings (SSSR count). The van der Waals surface area contributed by atoms with E-state index in [9.17, 15) is 17.3 Å². The van der Waals surface area contributed by atoms with E-state index in [2.05, 4.69) is 57.4 Å². The van der Waals surface area contributed by atoms with Crippen molar-refractivity contribution >= 4 is 38.0 Å². The molecule has 0 spiro atoms. The van der Waals surface area contributed by atoms with Crippen LogP contribution in [0.25, 0.3) is 0 Å². The first-order valence-electron chi connectivity index (χ1n) is 4.60. The third kappa shape index (κ3) is 7.85. The van der Waals surface area contributed by atoms with Gasteiger partial charge in [0.05, 0.1) is 20.0 Å².